The van der Waals surface area contributed by atoms with Gasteiger partial charge in [0, 0.05) is 38.6 Å². The summed E-state index contributed by atoms with van der Waals surface area (Å²) in [6, 6.07) is 10.2. The van der Waals surface area contributed by atoms with E-state index in [1.807, 2.05) is 23.1 Å². The van der Waals surface area contributed by atoms with Gasteiger partial charge in [-0.3, -0.25) is 4.79 Å². The number of nitrogens with zero attached hydrogens (tertiary/aromatic N) is 1. The maximum atomic E-state index is 12.6. The van der Waals surface area contributed by atoms with E-state index in [-0.39, 0.29) is 17.4 Å². The molecular formula is C19H27NO3. The second kappa shape index (κ2) is 7.45. The molecule has 2 aliphatic heterocycles. The van der Waals surface area contributed by atoms with E-state index in [9.17, 15) is 4.79 Å². The number of aryl methyl sites for hydroxylation is 1. The van der Waals surface area contributed by atoms with Crippen molar-refractivity contribution in [1.82, 2.24) is 4.90 Å². The molecule has 0 aliphatic carbocycles. The van der Waals surface area contributed by atoms with E-state index in [1.54, 1.807) is 7.11 Å². The molecule has 0 spiro atoms. The Balaban J connectivity index is 1.60. The summed E-state index contributed by atoms with van der Waals surface area (Å²) in [5.41, 5.74) is 1.22. The topological polar surface area (TPSA) is 38.8 Å². The summed E-state index contributed by atoms with van der Waals surface area (Å²) in [5, 5.41) is 0. The number of carbonyl (C=O) groups excluding carboxylic acids is 1. The van der Waals surface area contributed by atoms with Gasteiger partial charge in [-0.05, 0) is 31.2 Å². The number of ether oxygens (including phenoxy) is 2. The highest BCUT2D eigenvalue weighted by molar-refractivity contribution is 5.76. The lowest BCUT2D eigenvalue weighted by Crippen LogP contribution is -2.58. The molecule has 4 heteroatoms. The zero-order valence-electron chi connectivity index (χ0n) is 14.0. The number of likely N-dealkylation sites (tertiary alicyclic amines) is 1. The molecule has 0 N–H and O–H groups in total. The van der Waals surface area contributed by atoms with Crippen molar-refractivity contribution in [2.45, 2.75) is 38.2 Å². The van der Waals surface area contributed by atoms with Gasteiger partial charge >= 0.3 is 0 Å². The van der Waals surface area contributed by atoms with Crippen molar-refractivity contribution < 1.29 is 14.3 Å². The Hall–Kier alpha value is -1.39. The summed E-state index contributed by atoms with van der Waals surface area (Å²) in [6.07, 6.45) is 4.72. The van der Waals surface area contributed by atoms with Gasteiger partial charge in [-0.2, -0.15) is 0 Å². The minimum atomic E-state index is -0.00629. The molecular weight excluding hydrogens is 290 g/mol. The third-order valence-corrected chi connectivity index (χ3v) is 5.24. The summed E-state index contributed by atoms with van der Waals surface area (Å²) in [7, 11) is 1.75. The van der Waals surface area contributed by atoms with Gasteiger partial charge in [0.2, 0.25) is 5.91 Å². The Morgan fingerprint density at radius 2 is 2.22 bits per heavy atom. The molecule has 2 heterocycles. The molecule has 0 unspecified atom stereocenters. The van der Waals surface area contributed by atoms with Gasteiger partial charge in [-0.25, -0.2) is 0 Å². The van der Waals surface area contributed by atoms with Crippen LogP contribution in [0.25, 0.3) is 0 Å². The van der Waals surface area contributed by atoms with E-state index < -0.39 is 0 Å². The Kier molecular flexibility index (Phi) is 5.34. The first kappa shape index (κ1) is 16.5. The van der Waals surface area contributed by atoms with Crippen LogP contribution in [0.1, 0.15) is 31.2 Å². The standard InChI is InChI=1S/C19H27NO3/c1-22-15-19-11-5-13-23-17(19)10-12-20(14-19)18(21)9-8-16-6-3-2-4-7-16/h2-4,6-7,17H,5,8-15H2,1H3/t17-,19+/m1/s1. The smallest absolute Gasteiger partial charge is 0.222 e. The van der Waals surface area contributed by atoms with Crippen LogP contribution < -0.4 is 0 Å². The molecule has 23 heavy (non-hydrogen) atoms. The molecule has 2 aliphatic rings. The van der Waals surface area contributed by atoms with Crippen molar-refractivity contribution >= 4 is 5.91 Å². The minimum Gasteiger partial charge on any atom is -0.384 e. The molecule has 3 rings (SSSR count). The van der Waals surface area contributed by atoms with E-state index in [2.05, 4.69) is 12.1 Å². The maximum absolute atomic E-state index is 12.6. The normalized spacial score (nSPS) is 27.5. The number of amides is 1. The van der Waals surface area contributed by atoms with Crippen LogP contribution in [0.5, 0.6) is 0 Å². The third kappa shape index (κ3) is 3.75. The lowest BCUT2D eigenvalue weighted by atomic mass is 9.73. The molecule has 2 atom stereocenters. The summed E-state index contributed by atoms with van der Waals surface area (Å²) in [4.78, 5) is 14.7. The summed E-state index contributed by atoms with van der Waals surface area (Å²) in [5.74, 6) is 0.258. The molecule has 0 radical (unpaired) electrons. The largest absolute Gasteiger partial charge is 0.384 e. The Morgan fingerprint density at radius 3 is 3.00 bits per heavy atom. The number of hydrogen-bond acceptors (Lipinski definition) is 3. The molecule has 1 amide bonds. The lowest BCUT2D eigenvalue weighted by molar-refractivity contribution is -0.162. The van der Waals surface area contributed by atoms with E-state index in [0.717, 1.165) is 45.4 Å². The van der Waals surface area contributed by atoms with Crippen molar-refractivity contribution in [3.8, 4) is 0 Å². The van der Waals surface area contributed by atoms with Crippen molar-refractivity contribution in [3.63, 3.8) is 0 Å². The van der Waals surface area contributed by atoms with E-state index in [0.29, 0.717) is 13.0 Å². The first-order valence-corrected chi connectivity index (χ1v) is 8.66. The van der Waals surface area contributed by atoms with Crippen LogP contribution in [0.2, 0.25) is 0 Å². The van der Waals surface area contributed by atoms with Gasteiger partial charge in [0.15, 0.2) is 0 Å². The summed E-state index contributed by atoms with van der Waals surface area (Å²) >= 11 is 0. The third-order valence-electron chi connectivity index (χ3n) is 5.24. The molecule has 1 aromatic rings. The average Bonchev–Trinajstić information content (AvgIpc) is 2.60. The minimum absolute atomic E-state index is 0.00629. The fraction of sp³-hybridized carbons (Fsp3) is 0.632. The van der Waals surface area contributed by atoms with E-state index >= 15 is 0 Å². The zero-order valence-corrected chi connectivity index (χ0v) is 14.0. The highest BCUT2D eigenvalue weighted by atomic mass is 16.5. The van der Waals surface area contributed by atoms with E-state index in [1.165, 1.54) is 5.56 Å². The second-order valence-electron chi connectivity index (χ2n) is 6.85. The van der Waals surface area contributed by atoms with Gasteiger partial charge < -0.3 is 14.4 Å². The zero-order chi connectivity index (χ0) is 16.1. The summed E-state index contributed by atoms with van der Waals surface area (Å²) in [6.45, 7) is 3.11. The number of fused-ring (bicyclic) bond motifs is 1. The number of rotatable bonds is 5. The van der Waals surface area contributed by atoms with Crippen molar-refractivity contribution in [2.24, 2.45) is 5.41 Å². The summed E-state index contributed by atoms with van der Waals surface area (Å²) < 4.78 is 11.5. The van der Waals surface area contributed by atoms with Gasteiger partial charge in [0.25, 0.3) is 0 Å². The monoisotopic (exact) mass is 317 g/mol. The molecule has 126 valence electrons. The SMILES string of the molecule is COC[C@@]12CCCO[C@@H]1CCN(C(=O)CCc1ccccc1)C2. The van der Waals surface area contributed by atoms with Crippen LogP contribution in [0.3, 0.4) is 0 Å². The van der Waals surface area contributed by atoms with Crippen LogP contribution >= 0.6 is 0 Å². The van der Waals surface area contributed by atoms with Crippen LogP contribution in [0, 0.1) is 5.41 Å². The molecule has 2 fully saturated rings. The predicted octanol–water partition coefficient (Wildman–Crippen LogP) is 2.66. The molecule has 4 nitrogen and oxygen atoms in total. The first-order valence-electron chi connectivity index (χ1n) is 8.66. The number of hydrogen-bond donors (Lipinski definition) is 0. The van der Waals surface area contributed by atoms with Crippen molar-refractivity contribution in [3.05, 3.63) is 35.9 Å². The van der Waals surface area contributed by atoms with Crippen LogP contribution in [0.15, 0.2) is 30.3 Å². The average molecular weight is 317 g/mol. The van der Waals surface area contributed by atoms with Crippen LogP contribution in [-0.2, 0) is 20.7 Å². The molecule has 1 aromatic carbocycles. The number of piperidine rings is 1. The fourth-order valence-corrected chi connectivity index (χ4v) is 4.06. The highest BCUT2D eigenvalue weighted by Gasteiger charge is 2.46. The lowest BCUT2D eigenvalue weighted by Gasteiger charge is -2.50. The van der Waals surface area contributed by atoms with Gasteiger partial charge in [0.1, 0.15) is 0 Å². The fourth-order valence-electron chi connectivity index (χ4n) is 4.06. The van der Waals surface area contributed by atoms with Gasteiger partial charge in [0.05, 0.1) is 12.7 Å². The molecule has 0 bridgehead atoms. The van der Waals surface area contributed by atoms with Crippen LogP contribution in [0.4, 0.5) is 0 Å². The predicted molar refractivity (Wildman–Crippen MR) is 89.2 cm³/mol. The number of benzene rings is 1. The van der Waals surface area contributed by atoms with Gasteiger partial charge in [-0.1, -0.05) is 30.3 Å². The molecule has 0 aromatic heterocycles. The second-order valence-corrected chi connectivity index (χ2v) is 6.85. The number of methoxy groups -OCH3 is 1. The molecule has 2 saturated heterocycles. The number of carbonyl (C=O) groups is 1. The first-order chi connectivity index (χ1) is 11.2. The van der Waals surface area contributed by atoms with Crippen molar-refractivity contribution in [2.75, 3.05) is 33.4 Å². The Bertz CT molecular complexity index is 515. The van der Waals surface area contributed by atoms with Gasteiger partial charge in [-0.15, -0.1) is 0 Å². The van der Waals surface area contributed by atoms with E-state index in [4.69, 9.17) is 9.47 Å². The molecule has 0 saturated carbocycles. The Labute approximate surface area is 138 Å². The van der Waals surface area contributed by atoms with Crippen molar-refractivity contribution in [1.29, 1.82) is 0 Å². The maximum Gasteiger partial charge on any atom is 0.222 e. The Morgan fingerprint density at radius 1 is 1.39 bits per heavy atom. The highest BCUT2D eigenvalue weighted by Crippen LogP contribution is 2.40. The van der Waals surface area contributed by atoms with Crippen LogP contribution in [-0.4, -0.2) is 50.3 Å². The quantitative estimate of drug-likeness (QED) is 0.838.